The van der Waals surface area contributed by atoms with Gasteiger partial charge in [-0.05, 0) is 129 Å². The van der Waals surface area contributed by atoms with Gasteiger partial charge in [0.25, 0.3) is 0 Å². The molecule has 0 amide bonds. The Morgan fingerprint density at radius 1 is 0.596 bits per heavy atom. The topological polar surface area (TPSA) is 153 Å². The molecule has 0 aromatic heterocycles. The molecule has 6 aromatic carbocycles. The first kappa shape index (κ1) is 37.8. The van der Waals surface area contributed by atoms with Gasteiger partial charge in [-0.3, -0.25) is 4.99 Å². The highest BCUT2D eigenvalue weighted by atomic mass is 16.5. The van der Waals surface area contributed by atoms with Crippen molar-refractivity contribution in [2.24, 2.45) is 4.99 Å². The molecule has 294 valence electrons. The Morgan fingerprint density at radius 2 is 1.14 bits per heavy atom. The van der Waals surface area contributed by atoms with E-state index >= 15 is 0 Å². The van der Waals surface area contributed by atoms with Crippen LogP contribution >= 0.6 is 0 Å². The molecule has 0 spiro atoms. The van der Waals surface area contributed by atoms with Gasteiger partial charge in [0.1, 0.15) is 46.0 Å². The minimum absolute atomic E-state index is 0.0102. The standard InChI is InChI=1S/C47H48N2O8/c1-20-10-27-29(41-33-15-23(4)49-25(6)40(33)35(51)19-36(41)52)17-31(45(53)43(27)37(12-20)55-7)32-18-30(28-11-21(2)13-38(56-8)44(28)46(32)54)42-34(50)16-26-14-22(3)48-24(5)39(26)47(42)57-9/h10-13,16-19,22-23,25,49-54H,14-15H2,1-9H3. The second kappa shape index (κ2) is 13.8. The number of rotatable bonds is 6. The molecular formula is C47H48N2O8. The van der Waals surface area contributed by atoms with Gasteiger partial charge in [0.05, 0.1) is 43.7 Å². The Hall–Kier alpha value is -6.13. The number of phenolic OH excluding ortho intramolecular Hbond substituents is 5. The number of fused-ring (bicyclic) bond motifs is 4. The lowest BCUT2D eigenvalue weighted by Crippen LogP contribution is -2.36. The Labute approximate surface area is 331 Å². The van der Waals surface area contributed by atoms with Gasteiger partial charge in [-0.2, -0.15) is 0 Å². The van der Waals surface area contributed by atoms with Crippen molar-refractivity contribution >= 4 is 27.3 Å². The van der Waals surface area contributed by atoms with Gasteiger partial charge in [0.2, 0.25) is 0 Å². The van der Waals surface area contributed by atoms with Gasteiger partial charge in [0, 0.05) is 51.7 Å². The molecule has 0 saturated carbocycles. The third kappa shape index (κ3) is 5.84. The molecule has 0 bridgehead atoms. The van der Waals surface area contributed by atoms with Crippen LogP contribution in [0, 0.1) is 13.8 Å². The van der Waals surface area contributed by atoms with Crippen LogP contribution in [0.3, 0.4) is 0 Å². The van der Waals surface area contributed by atoms with Crippen molar-refractivity contribution in [2.45, 2.75) is 72.5 Å². The first-order chi connectivity index (χ1) is 27.2. The maximum Gasteiger partial charge on any atom is 0.139 e. The zero-order valence-electron chi connectivity index (χ0n) is 33.7. The van der Waals surface area contributed by atoms with Crippen molar-refractivity contribution < 1.29 is 39.7 Å². The molecule has 6 N–H and O–H groups in total. The zero-order valence-corrected chi connectivity index (χ0v) is 33.7. The molecule has 10 heteroatoms. The molecule has 8 rings (SSSR count). The maximum atomic E-state index is 12.5. The van der Waals surface area contributed by atoms with Crippen molar-refractivity contribution in [1.82, 2.24) is 5.32 Å². The van der Waals surface area contributed by atoms with Crippen molar-refractivity contribution in [3.05, 3.63) is 81.9 Å². The molecule has 2 aliphatic heterocycles. The van der Waals surface area contributed by atoms with Crippen molar-refractivity contribution in [2.75, 3.05) is 21.3 Å². The van der Waals surface area contributed by atoms with Gasteiger partial charge < -0.3 is 45.1 Å². The molecule has 0 aliphatic carbocycles. The van der Waals surface area contributed by atoms with Crippen LogP contribution in [-0.2, 0) is 12.8 Å². The molecule has 0 fully saturated rings. The first-order valence-electron chi connectivity index (χ1n) is 19.2. The number of benzene rings is 6. The fourth-order valence-electron chi connectivity index (χ4n) is 9.49. The number of hydrogen-bond acceptors (Lipinski definition) is 10. The summed E-state index contributed by atoms with van der Waals surface area (Å²) in [6, 6.07) is 14.0. The summed E-state index contributed by atoms with van der Waals surface area (Å²) in [6.07, 6.45) is 1.14. The van der Waals surface area contributed by atoms with Crippen LogP contribution < -0.4 is 19.5 Å². The number of nitrogens with one attached hydrogen (secondary N) is 1. The minimum atomic E-state index is -0.207. The largest absolute Gasteiger partial charge is 0.507 e. The van der Waals surface area contributed by atoms with Crippen LogP contribution in [0.2, 0.25) is 0 Å². The Balaban J connectivity index is 1.55. The molecule has 2 aliphatic rings. The number of aryl methyl sites for hydroxylation is 2. The summed E-state index contributed by atoms with van der Waals surface area (Å²) < 4.78 is 18.0. The van der Waals surface area contributed by atoms with Crippen LogP contribution in [0.15, 0.2) is 53.5 Å². The lowest BCUT2D eigenvalue weighted by molar-refractivity contribution is 0.402. The summed E-state index contributed by atoms with van der Waals surface area (Å²) in [5.41, 5.74) is 8.16. The van der Waals surface area contributed by atoms with Crippen molar-refractivity contribution in [3.8, 4) is 79.4 Å². The number of aliphatic imine (C=N–C) groups is 1. The number of ether oxygens (including phenoxy) is 3. The van der Waals surface area contributed by atoms with Crippen LogP contribution in [0.25, 0.3) is 54.9 Å². The van der Waals surface area contributed by atoms with Crippen LogP contribution in [0.1, 0.15) is 67.1 Å². The lowest BCUT2D eigenvalue weighted by atomic mass is 9.81. The highest BCUT2D eigenvalue weighted by molar-refractivity contribution is 6.15. The molecule has 2 heterocycles. The average molecular weight is 769 g/mol. The second-order valence-corrected chi connectivity index (χ2v) is 15.7. The smallest absolute Gasteiger partial charge is 0.139 e. The number of nitrogens with zero attached hydrogens (tertiary/aromatic N) is 1. The van der Waals surface area contributed by atoms with Gasteiger partial charge in [-0.25, -0.2) is 0 Å². The molecule has 3 atom stereocenters. The highest BCUT2D eigenvalue weighted by Crippen LogP contribution is 2.56. The van der Waals surface area contributed by atoms with Crippen molar-refractivity contribution in [1.29, 1.82) is 0 Å². The zero-order chi connectivity index (χ0) is 40.8. The minimum Gasteiger partial charge on any atom is -0.507 e. The SMILES string of the molecule is COc1c2c(cc(O)c1-c1cc(-c3cc(-c4c(O)cc(O)c5c4CC(C)NC5C)c4cc(C)cc(OC)c4c3O)c(O)c3c(OC)cc(C)cc13)CC(C)N=C2C. The van der Waals surface area contributed by atoms with E-state index in [1.807, 2.05) is 58.9 Å². The average Bonchev–Trinajstić information content (AvgIpc) is 3.14. The molecule has 0 saturated heterocycles. The number of aromatic hydroxyl groups is 5. The maximum absolute atomic E-state index is 12.5. The first-order valence-corrected chi connectivity index (χ1v) is 19.2. The van der Waals surface area contributed by atoms with Gasteiger partial charge >= 0.3 is 0 Å². The predicted molar refractivity (Wildman–Crippen MR) is 225 cm³/mol. The van der Waals surface area contributed by atoms with E-state index in [9.17, 15) is 25.5 Å². The summed E-state index contributed by atoms with van der Waals surface area (Å²) in [5, 5.41) is 65.3. The van der Waals surface area contributed by atoms with Crippen LogP contribution in [-0.4, -0.2) is 64.7 Å². The summed E-state index contributed by atoms with van der Waals surface area (Å²) in [4.78, 5) is 4.84. The van der Waals surface area contributed by atoms with E-state index in [1.54, 1.807) is 25.3 Å². The van der Waals surface area contributed by atoms with E-state index in [0.717, 1.165) is 33.5 Å². The number of hydrogen-bond donors (Lipinski definition) is 6. The van der Waals surface area contributed by atoms with Crippen LogP contribution in [0.5, 0.6) is 46.0 Å². The summed E-state index contributed by atoms with van der Waals surface area (Å²) >= 11 is 0. The normalized spacial score (nSPS) is 17.6. The van der Waals surface area contributed by atoms with Gasteiger partial charge in [-0.15, -0.1) is 0 Å². The lowest BCUT2D eigenvalue weighted by Gasteiger charge is -2.32. The van der Waals surface area contributed by atoms with Crippen molar-refractivity contribution in [3.63, 3.8) is 0 Å². The second-order valence-electron chi connectivity index (χ2n) is 15.7. The quantitative estimate of drug-likeness (QED) is 0.0973. The molecule has 6 aromatic rings. The molecular weight excluding hydrogens is 721 g/mol. The van der Waals surface area contributed by atoms with E-state index in [2.05, 4.69) is 12.2 Å². The summed E-state index contributed by atoms with van der Waals surface area (Å²) in [6.45, 7) is 11.9. The summed E-state index contributed by atoms with van der Waals surface area (Å²) in [7, 11) is 4.63. The fraction of sp³-hybridized carbons (Fsp3) is 0.298. The molecule has 57 heavy (non-hydrogen) atoms. The van der Waals surface area contributed by atoms with E-state index in [0.29, 0.717) is 79.5 Å². The molecule has 0 radical (unpaired) electrons. The third-order valence-corrected chi connectivity index (χ3v) is 11.7. The van der Waals surface area contributed by atoms with Gasteiger partial charge in [-0.1, -0.05) is 12.1 Å². The fourth-order valence-corrected chi connectivity index (χ4v) is 9.49. The molecule has 3 unspecified atom stereocenters. The Bertz CT molecular complexity index is 2720. The summed E-state index contributed by atoms with van der Waals surface area (Å²) in [5.74, 6) is 0.758. The van der Waals surface area contributed by atoms with E-state index in [1.165, 1.54) is 20.3 Å². The number of methoxy groups -OCH3 is 3. The van der Waals surface area contributed by atoms with E-state index < -0.39 is 0 Å². The third-order valence-electron chi connectivity index (χ3n) is 11.7. The van der Waals surface area contributed by atoms with E-state index in [-0.39, 0.29) is 58.0 Å². The Kier molecular flexibility index (Phi) is 9.15. The van der Waals surface area contributed by atoms with Crippen LogP contribution in [0.4, 0.5) is 0 Å². The van der Waals surface area contributed by atoms with E-state index in [4.69, 9.17) is 19.2 Å². The highest BCUT2D eigenvalue weighted by Gasteiger charge is 2.33. The van der Waals surface area contributed by atoms with Gasteiger partial charge in [0.15, 0.2) is 0 Å². The predicted octanol–water partition coefficient (Wildman–Crippen LogP) is 9.51. The number of phenols is 5. The molecule has 10 nitrogen and oxygen atoms in total. The Morgan fingerprint density at radius 3 is 1.68 bits per heavy atom. The monoisotopic (exact) mass is 768 g/mol.